The molecule has 1 saturated carbocycles. The van der Waals surface area contributed by atoms with Gasteiger partial charge >= 0.3 is 0 Å². The van der Waals surface area contributed by atoms with Crippen LogP contribution in [0, 0.1) is 0 Å². The molecule has 2 nitrogen and oxygen atoms in total. The average molecular weight is 329 g/mol. The van der Waals surface area contributed by atoms with Crippen molar-refractivity contribution in [1.29, 1.82) is 0 Å². The van der Waals surface area contributed by atoms with Crippen molar-refractivity contribution in [2.45, 2.75) is 38.6 Å². The summed E-state index contributed by atoms with van der Waals surface area (Å²) in [6.45, 7) is 2.02. The van der Waals surface area contributed by atoms with Gasteiger partial charge in [-0.1, -0.05) is 73.2 Å². The number of allylic oxidation sites excluding steroid dienone is 2. The van der Waals surface area contributed by atoms with E-state index >= 15 is 0 Å². The van der Waals surface area contributed by atoms with Crippen molar-refractivity contribution < 1.29 is 4.79 Å². The molecule has 1 aliphatic carbocycles. The van der Waals surface area contributed by atoms with Gasteiger partial charge in [0.15, 0.2) is 0 Å². The maximum absolute atomic E-state index is 12.6. The highest BCUT2D eigenvalue weighted by molar-refractivity contribution is 8.26. The van der Waals surface area contributed by atoms with Gasteiger partial charge in [0.25, 0.3) is 5.91 Å². The van der Waals surface area contributed by atoms with E-state index in [1.54, 1.807) is 0 Å². The summed E-state index contributed by atoms with van der Waals surface area (Å²) >= 11 is 6.86. The predicted octanol–water partition coefficient (Wildman–Crippen LogP) is 4.78. The number of hydrogen-bond acceptors (Lipinski definition) is 3. The summed E-state index contributed by atoms with van der Waals surface area (Å²) in [4.78, 5) is 15.2. The van der Waals surface area contributed by atoms with E-state index < -0.39 is 0 Å². The van der Waals surface area contributed by atoms with Gasteiger partial charge < -0.3 is 0 Å². The van der Waals surface area contributed by atoms with E-state index in [4.69, 9.17) is 12.2 Å². The first kappa shape index (κ1) is 15.5. The minimum Gasteiger partial charge on any atom is -0.290 e. The Kier molecular flexibility index (Phi) is 4.79. The Hall–Kier alpha value is -1.39. The molecule has 3 rings (SSSR count). The smallest absolute Gasteiger partial charge is 0.266 e. The highest BCUT2D eigenvalue weighted by atomic mass is 32.2. The molecule has 0 atom stereocenters. The molecule has 2 fully saturated rings. The van der Waals surface area contributed by atoms with Crippen LogP contribution in [0.2, 0.25) is 0 Å². The Morgan fingerprint density at radius 3 is 2.64 bits per heavy atom. The van der Waals surface area contributed by atoms with Crippen LogP contribution >= 0.6 is 24.0 Å². The van der Waals surface area contributed by atoms with Crippen LogP contribution in [0.3, 0.4) is 0 Å². The fourth-order valence-electron chi connectivity index (χ4n) is 3.02. The van der Waals surface area contributed by atoms with Gasteiger partial charge in [0.05, 0.1) is 4.91 Å². The minimum absolute atomic E-state index is 0.0858. The van der Waals surface area contributed by atoms with Crippen LogP contribution in [0.25, 0.3) is 6.08 Å². The topological polar surface area (TPSA) is 20.3 Å². The summed E-state index contributed by atoms with van der Waals surface area (Å²) in [6.07, 6.45) is 8.61. The number of carbonyl (C=O) groups is 1. The molecule has 0 radical (unpaired) electrons. The molecule has 0 N–H and O–H groups in total. The van der Waals surface area contributed by atoms with Gasteiger partial charge in [-0.25, -0.2) is 0 Å². The minimum atomic E-state index is 0.0858. The highest BCUT2D eigenvalue weighted by Crippen LogP contribution is 2.37. The van der Waals surface area contributed by atoms with Crippen LogP contribution in [0.15, 0.2) is 46.9 Å². The molecule has 1 aromatic rings. The molecule has 1 saturated heterocycles. The fourth-order valence-corrected chi connectivity index (χ4v) is 4.47. The molecule has 1 aliphatic heterocycles. The summed E-state index contributed by atoms with van der Waals surface area (Å²) in [7, 11) is 0. The van der Waals surface area contributed by atoms with E-state index in [1.807, 2.05) is 36.1 Å². The molecule has 22 heavy (non-hydrogen) atoms. The maximum atomic E-state index is 12.6. The molecule has 2 aliphatic rings. The zero-order chi connectivity index (χ0) is 15.5. The van der Waals surface area contributed by atoms with Crippen LogP contribution < -0.4 is 0 Å². The standard InChI is InChI=1S/C18H19NOS2/c1-13(11-14-7-3-2-4-8-14)12-16-17(20)19(18(21)22-16)15-9-5-6-10-15/h2-4,7-8,11-12,15H,5-6,9-10H2,1H3/b13-11+,16-12+. The second-order valence-electron chi connectivity index (χ2n) is 5.79. The lowest BCUT2D eigenvalue weighted by atomic mass is 10.1. The second kappa shape index (κ2) is 6.80. The van der Waals surface area contributed by atoms with Crippen LogP contribution in [-0.2, 0) is 4.79 Å². The van der Waals surface area contributed by atoms with Gasteiger partial charge in [-0.15, -0.1) is 0 Å². The fraction of sp³-hybridized carbons (Fsp3) is 0.333. The van der Waals surface area contributed by atoms with Crippen molar-refractivity contribution in [3.63, 3.8) is 0 Å². The van der Waals surface area contributed by atoms with E-state index in [-0.39, 0.29) is 5.91 Å². The van der Waals surface area contributed by atoms with Crippen LogP contribution in [-0.4, -0.2) is 21.2 Å². The zero-order valence-corrected chi connectivity index (χ0v) is 14.3. The SMILES string of the molecule is CC(=C\c1ccccc1)/C=C1/SC(=S)N(C2CCCC2)C1=O. The number of thiocarbonyl (C=S) groups is 1. The lowest BCUT2D eigenvalue weighted by molar-refractivity contribution is -0.123. The number of rotatable bonds is 3. The van der Waals surface area contributed by atoms with Crippen molar-refractivity contribution in [2.75, 3.05) is 0 Å². The molecule has 1 aromatic carbocycles. The maximum Gasteiger partial charge on any atom is 0.266 e. The normalized spacial score (nSPS) is 22.1. The van der Waals surface area contributed by atoms with E-state index in [9.17, 15) is 4.79 Å². The molecule has 114 valence electrons. The summed E-state index contributed by atoms with van der Waals surface area (Å²) in [6, 6.07) is 10.5. The molecule has 0 unspecified atom stereocenters. The van der Waals surface area contributed by atoms with Crippen molar-refractivity contribution >= 4 is 40.3 Å². The first-order valence-corrected chi connectivity index (χ1v) is 8.88. The van der Waals surface area contributed by atoms with E-state index in [1.165, 1.54) is 24.6 Å². The van der Waals surface area contributed by atoms with Gasteiger partial charge in [-0.3, -0.25) is 9.69 Å². The van der Waals surface area contributed by atoms with E-state index in [2.05, 4.69) is 18.2 Å². The van der Waals surface area contributed by atoms with E-state index in [0.29, 0.717) is 6.04 Å². The Morgan fingerprint density at radius 1 is 1.27 bits per heavy atom. The van der Waals surface area contributed by atoms with Gasteiger partial charge in [0, 0.05) is 6.04 Å². The number of thioether (sulfide) groups is 1. The lowest BCUT2D eigenvalue weighted by Gasteiger charge is -2.21. The third-order valence-corrected chi connectivity index (χ3v) is 5.40. The third-order valence-electron chi connectivity index (χ3n) is 4.07. The van der Waals surface area contributed by atoms with Gasteiger partial charge in [0.1, 0.15) is 4.32 Å². The first-order chi connectivity index (χ1) is 10.6. The monoisotopic (exact) mass is 329 g/mol. The van der Waals surface area contributed by atoms with Crippen LogP contribution in [0.1, 0.15) is 38.2 Å². The lowest BCUT2D eigenvalue weighted by Crippen LogP contribution is -2.36. The van der Waals surface area contributed by atoms with Crippen molar-refractivity contribution in [1.82, 2.24) is 4.90 Å². The second-order valence-corrected chi connectivity index (χ2v) is 7.46. The van der Waals surface area contributed by atoms with Crippen LogP contribution in [0.4, 0.5) is 0 Å². The van der Waals surface area contributed by atoms with Gasteiger partial charge in [-0.2, -0.15) is 0 Å². The van der Waals surface area contributed by atoms with Crippen molar-refractivity contribution in [3.8, 4) is 0 Å². The third kappa shape index (κ3) is 3.33. The Balaban J connectivity index is 1.78. The summed E-state index contributed by atoms with van der Waals surface area (Å²) < 4.78 is 0.718. The largest absolute Gasteiger partial charge is 0.290 e. The van der Waals surface area contributed by atoms with Gasteiger partial charge in [0.2, 0.25) is 0 Å². The molecule has 0 bridgehead atoms. The number of hydrogen-bond donors (Lipinski definition) is 0. The average Bonchev–Trinajstić information content (AvgIpc) is 3.09. The highest BCUT2D eigenvalue weighted by Gasteiger charge is 2.37. The number of amides is 1. The molecule has 0 spiro atoms. The van der Waals surface area contributed by atoms with Crippen molar-refractivity contribution in [2.24, 2.45) is 0 Å². The predicted molar refractivity (Wildman–Crippen MR) is 97.5 cm³/mol. The molecule has 0 aromatic heterocycles. The van der Waals surface area contributed by atoms with Gasteiger partial charge in [-0.05, 0) is 37.0 Å². The van der Waals surface area contributed by atoms with E-state index in [0.717, 1.165) is 33.2 Å². The van der Waals surface area contributed by atoms with Crippen molar-refractivity contribution in [3.05, 3.63) is 52.4 Å². The zero-order valence-electron chi connectivity index (χ0n) is 12.6. The Bertz CT molecular complexity index is 642. The molecular formula is C18H19NOS2. The van der Waals surface area contributed by atoms with Crippen LogP contribution in [0.5, 0.6) is 0 Å². The molecule has 1 heterocycles. The Labute approximate surface area is 141 Å². The quantitative estimate of drug-likeness (QED) is 0.588. The summed E-state index contributed by atoms with van der Waals surface area (Å²) in [5.41, 5.74) is 2.21. The molecule has 4 heteroatoms. The first-order valence-electron chi connectivity index (χ1n) is 7.65. The number of carbonyl (C=O) groups excluding carboxylic acids is 1. The Morgan fingerprint density at radius 2 is 1.95 bits per heavy atom. The number of benzene rings is 1. The number of nitrogens with zero attached hydrogens (tertiary/aromatic N) is 1. The summed E-state index contributed by atoms with van der Waals surface area (Å²) in [5.74, 6) is 0.0858. The molecule has 1 amide bonds. The molecular weight excluding hydrogens is 310 g/mol. The summed E-state index contributed by atoms with van der Waals surface area (Å²) in [5, 5.41) is 0.